The van der Waals surface area contributed by atoms with Crippen LogP contribution in [0.1, 0.15) is 24.3 Å². The van der Waals surface area contributed by atoms with Gasteiger partial charge in [-0.1, -0.05) is 60.7 Å². The van der Waals surface area contributed by atoms with Crippen molar-refractivity contribution in [2.45, 2.75) is 44.2 Å². The van der Waals surface area contributed by atoms with Gasteiger partial charge in [0.1, 0.15) is 17.8 Å². The van der Waals surface area contributed by atoms with Crippen molar-refractivity contribution in [3.8, 4) is 0 Å². The number of benzene rings is 2. The minimum atomic E-state index is -1.33. The molecule has 2 heterocycles. The predicted octanol–water partition coefficient (Wildman–Crippen LogP) is 2.13. The van der Waals surface area contributed by atoms with Gasteiger partial charge in [-0.25, -0.2) is 4.79 Å². The van der Waals surface area contributed by atoms with Crippen LogP contribution in [0.5, 0.6) is 0 Å². The number of ether oxygens (including phenoxy) is 3. The first-order chi connectivity index (χ1) is 15.9. The Morgan fingerprint density at radius 3 is 2.30 bits per heavy atom. The highest BCUT2D eigenvalue weighted by molar-refractivity contribution is 5.15. The maximum absolute atomic E-state index is 13.9. The number of aliphatic hydroxyl groups is 1. The summed E-state index contributed by atoms with van der Waals surface area (Å²) in [6, 6.07) is 18.9. The molecule has 1 fully saturated rings. The van der Waals surface area contributed by atoms with Crippen LogP contribution in [0, 0.1) is 5.82 Å². The smallest absolute Gasteiger partial charge is 0.330 e. The van der Waals surface area contributed by atoms with Gasteiger partial charge in [0.25, 0.3) is 5.56 Å². The maximum Gasteiger partial charge on any atom is 0.330 e. The molecule has 1 aliphatic rings. The summed E-state index contributed by atoms with van der Waals surface area (Å²) in [5.41, 5.74) is -1.37. The normalized spacial score (nSPS) is 24.8. The first-order valence-corrected chi connectivity index (χ1v) is 10.5. The van der Waals surface area contributed by atoms with Crippen molar-refractivity contribution < 1.29 is 23.7 Å². The summed E-state index contributed by atoms with van der Waals surface area (Å²) in [5.74, 6) is -1.17. The van der Waals surface area contributed by atoms with Crippen LogP contribution in [0.25, 0.3) is 0 Å². The van der Waals surface area contributed by atoms with Gasteiger partial charge >= 0.3 is 5.69 Å². The number of aromatic nitrogens is 2. The third kappa shape index (κ3) is 5.12. The second kappa shape index (κ2) is 9.80. The fourth-order valence-corrected chi connectivity index (χ4v) is 3.89. The first kappa shape index (κ1) is 23.1. The highest BCUT2D eigenvalue weighted by Crippen LogP contribution is 2.39. The Labute approximate surface area is 189 Å². The number of nitrogens with zero attached hydrogens (tertiary/aromatic N) is 1. The maximum atomic E-state index is 13.9. The largest absolute Gasteiger partial charge is 0.386 e. The molecule has 1 aliphatic heterocycles. The van der Waals surface area contributed by atoms with E-state index in [0.717, 1.165) is 21.9 Å². The summed E-state index contributed by atoms with van der Waals surface area (Å²) in [6.45, 7) is 2.22. The molecule has 0 spiro atoms. The van der Waals surface area contributed by atoms with Crippen molar-refractivity contribution in [2.24, 2.45) is 0 Å². The van der Waals surface area contributed by atoms with Crippen LogP contribution in [0.3, 0.4) is 0 Å². The van der Waals surface area contributed by atoms with Crippen LogP contribution in [-0.2, 0) is 27.4 Å². The molecule has 3 aromatic rings. The Morgan fingerprint density at radius 2 is 1.67 bits per heavy atom. The van der Waals surface area contributed by atoms with Crippen molar-refractivity contribution in [1.29, 1.82) is 0 Å². The van der Waals surface area contributed by atoms with E-state index in [1.165, 1.54) is 0 Å². The quantitative estimate of drug-likeness (QED) is 0.538. The van der Waals surface area contributed by atoms with Crippen molar-refractivity contribution in [3.63, 3.8) is 0 Å². The molecule has 4 atom stereocenters. The van der Waals surface area contributed by atoms with Crippen LogP contribution >= 0.6 is 0 Å². The van der Waals surface area contributed by atoms with Gasteiger partial charge in [0.05, 0.1) is 26.0 Å². The van der Waals surface area contributed by atoms with Crippen LogP contribution in [-0.4, -0.2) is 39.1 Å². The minimum absolute atomic E-state index is 0.0372. The van der Waals surface area contributed by atoms with E-state index in [1.807, 2.05) is 65.6 Å². The number of H-pyrrole nitrogens is 1. The Balaban J connectivity index is 1.57. The number of rotatable bonds is 8. The van der Waals surface area contributed by atoms with Gasteiger partial charge < -0.3 is 19.3 Å². The molecule has 4 rings (SSSR count). The molecule has 1 aromatic heterocycles. The molecule has 0 radical (unpaired) electrons. The number of nitrogens with one attached hydrogen (secondary N) is 1. The molecule has 9 heteroatoms. The Kier molecular flexibility index (Phi) is 6.85. The van der Waals surface area contributed by atoms with E-state index < -0.39 is 41.1 Å². The lowest BCUT2D eigenvalue weighted by Crippen LogP contribution is -2.46. The average molecular weight is 456 g/mol. The highest BCUT2D eigenvalue weighted by Gasteiger charge is 2.54. The van der Waals surface area contributed by atoms with E-state index in [0.29, 0.717) is 6.61 Å². The number of hydrogen-bond acceptors (Lipinski definition) is 6. The third-order valence-corrected chi connectivity index (χ3v) is 5.57. The molecule has 174 valence electrons. The van der Waals surface area contributed by atoms with Crippen LogP contribution in [0.4, 0.5) is 4.39 Å². The van der Waals surface area contributed by atoms with Gasteiger partial charge in [0.2, 0.25) is 5.82 Å². The number of aromatic amines is 1. The van der Waals surface area contributed by atoms with Crippen LogP contribution in [0.2, 0.25) is 0 Å². The highest BCUT2D eigenvalue weighted by atomic mass is 19.1. The predicted molar refractivity (Wildman–Crippen MR) is 117 cm³/mol. The number of hydrogen-bond donors (Lipinski definition) is 2. The Hall–Kier alpha value is -3.11. The molecule has 0 amide bonds. The van der Waals surface area contributed by atoms with E-state index in [4.69, 9.17) is 14.2 Å². The van der Waals surface area contributed by atoms with E-state index in [-0.39, 0.29) is 13.2 Å². The molecule has 0 bridgehead atoms. The summed E-state index contributed by atoms with van der Waals surface area (Å²) in [7, 11) is 0. The molecule has 1 saturated heterocycles. The molecular formula is C24H25FN2O6. The summed E-state index contributed by atoms with van der Waals surface area (Å²) >= 11 is 0. The lowest BCUT2D eigenvalue weighted by atomic mass is 9.98. The molecule has 2 aromatic carbocycles. The standard InChI is InChI=1S/C24H25FN2O6/c1-24(15-31-13-16-8-4-2-5-9-16)20(32-14-17-10-6-3-7-11-17)19(28)22(33-24)27-12-18(25)21(29)26-23(27)30/h2-12,19-20,22,28H,13-15H2,1H3,(H,26,29,30)/t19-,20+,22-,24-/m1/s1. The van der Waals surface area contributed by atoms with Crippen molar-refractivity contribution in [3.05, 3.63) is 105 Å². The van der Waals surface area contributed by atoms with E-state index in [1.54, 1.807) is 6.92 Å². The average Bonchev–Trinajstić information content (AvgIpc) is 3.06. The summed E-state index contributed by atoms with van der Waals surface area (Å²) in [4.78, 5) is 25.6. The first-order valence-electron chi connectivity index (χ1n) is 10.5. The zero-order chi connectivity index (χ0) is 23.4. The summed E-state index contributed by atoms with van der Waals surface area (Å²) < 4.78 is 32.6. The molecule has 0 aliphatic carbocycles. The monoisotopic (exact) mass is 456 g/mol. The zero-order valence-corrected chi connectivity index (χ0v) is 18.0. The van der Waals surface area contributed by atoms with Crippen molar-refractivity contribution in [2.75, 3.05) is 6.61 Å². The van der Waals surface area contributed by atoms with Crippen molar-refractivity contribution in [1.82, 2.24) is 9.55 Å². The third-order valence-electron chi connectivity index (χ3n) is 5.57. The molecule has 0 saturated carbocycles. The summed E-state index contributed by atoms with van der Waals surface area (Å²) in [6.07, 6.45) is -2.79. The SMILES string of the molecule is C[C@]1(COCc2ccccc2)O[C@@H](n2cc(F)c(=O)[nH]c2=O)[C@H](O)[C@@H]1OCc1ccccc1. The fraction of sp³-hybridized carbons (Fsp3) is 0.333. The lowest BCUT2D eigenvalue weighted by molar-refractivity contribution is -0.147. The Bertz CT molecular complexity index is 1180. The van der Waals surface area contributed by atoms with Gasteiger partial charge in [-0.05, 0) is 18.1 Å². The molecule has 33 heavy (non-hydrogen) atoms. The lowest BCUT2D eigenvalue weighted by Gasteiger charge is -2.30. The molecule has 0 unspecified atom stereocenters. The van der Waals surface area contributed by atoms with Gasteiger partial charge in [-0.3, -0.25) is 14.3 Å². The topological polar surface area (TPSA) is 103 Å². The second-order valence-corrected chi connectivity index (χ2v) is 8.15. The van der Waals surface area contributed by atoms with E-state index >= 15 is 0 Å². The van der Waals surface area contributed by atoms with Gasteiger partial charge in [-0.2, -0.15) is 4.39 Å². The van der Waals surface area contributed by atoms with Gasteiger partial charge in [0, 0.05) is 0 Å². The zero-order valence-electron chi connectivity index (χ0n) is 18.0. The molecular weight excluding hydrogens is 431 g/mol. The van der Waals surface area contributed by atoms with E-state index in [2.05, 4.69) is 0 Å². The summed E-state index contributed by atoms with van der Waals surface area (Å²) in [5, 5.41) is 11.0. The second-order valence-electron chi connectivity index (χ2n) is 8.15. The number of aliphatic hydroxyl groups excluding tert-OH is 1. The van der Waals surface area contributed by atoms with E-state index in [9.17, 15) is 19.1 Å². The van der Waals surface area contributed by atoms with Gasteiger partial charge in [-0.15, -0.1) is 0 Å². The number of halogens is 1. The van der Waals surface area contributed by atoms with Crippen LogP contribution in [0.15, 0.2) is 76.4 Å². The minimum Gasteiger partial charge on any atom is -0.386 e. The molecule has 8 nitrogen and oxygen atoms in total. The molecule has 2 N–H and O–H groups in total. The fourth-order valence-electron chi connectivity index (χ4n) is 3.89. The van der Waals surface area contributed by atoms with Gasteiger partial charge in [0.15, 0.2) is 6.23 Å². The van der Waals surface area contributed by atoms with Crippen LogP contribution < -0.4 is 11.2 Å². The Morgan fingerprint density at radius 1 is 1.06 bits per heavy atom. The van der Waals surface area contributed by atoms with Crippen molar-refractivity contribution >= 4 is 0 Å².